The molecule has 3 rings (SSSR count). The zero-order chi connectivity index (χ0) is 17.4. The van der Waals surface area contributed by atoms with Gasteiger partial charge in [-0.05, 0) is 40.5 Å². The molecule has 3 saturated heterocycles. The maximum Gasteiger partial charge on any atom is 0.410 e. The summed E-state index contributed by atoms with van der Waals surface area (Å²) in [6.07, 6.45) is 3.67. The Kier molecular flexibility index (Phi) is 4.84. The van der Waals surface area contributed by atoms with E-state index in [2.05, 4.69) is 11.8 Å². The van der Waals surface area contributed by atoms with Crippen LogP contribution in [0.25, 0.3) is 0 Å². The van der Waals surface area contributed by atoms with Crippen LogP contribution in [-0.4, -0.2) is 72.2 Å². The highest BCUT2D eigenvalue weighted by Gasteiger charge is 2.45. The van der Waals surface area contributed by atoms with E-state index in [4.69, 9.17) is 14.2 Å². The summed E-state index contributed by atoms with van der Waals surface area (Å²) in [7, 11) is 0. The van der Waals surface area contributed by atoms with Crippen LogP contribution >= 0.6 is 0 Å². The summed E-state index contributed by atoms with van der Waals surface area (Å²) in [6, 6.07) is 0. The van der Waals surface area contributed by atoms with Crippen molar-refractivity contribution in [3.63, 3.8) is 0 Å². The second kappa shape index (κ2) is 6.46. The summed E-state index contributed by atoms with van der Waals surface area (Å²) in [5, 5.41) is 0. The number of carbonyl (C=O) groups is 1. The number of carbonyl (C=O) groups excluding carboxylic acids is 1. The predicted octanol–water partition coefficient (Wildman–Crippen LogP) is 2.61. The number of rotatable bonds is 1. The van der Waals surface area contributed by atoms with Crippen LogP contribution in [0.3, 0.4) is 0 Å². The summed E-state index contributed by atoms with van der Waals surface area (Å²) < 4.78 is 17.1. The van der Waals surface area contributed by atoms with Gasteiger partial charge in [-0.1, -0.05) is 0 Å². The van der Waals surface area contributed by atoms with E-state index in [9.17, 15) is 4.79 Å². The van der Waals surface area contributed by atoms with Gasteiger partial charge in [0, 0.05) is 44.6 Å². The summed E-state index contributed by atoms with van der Waals surface area (Å²) in [6.45, 7) is 13.0. The van der Waals surface area contributed by atoms with Crippen molar-refractivity contribution in [1.82, 2.24) is 9.80 Å². The number of likely N-dealkylation sites (tertiary alicyclic amines) is 2. The monoisotopic (exact) mass is 340 g/mol. The first-order valence-corrected chi connectivity index (χ1v) is 9.22. The fraction of sp³-hybridized carbons (Fsp3) is 0.944. The summed E-state index contributed by atoms with van der Waals surface area (Å²) in [5.41, 5.74) is -0.279. The van der Waals surface area contributed by atoms with Crippen molar-refractivity contribution >= 4 is 6.09 Å². The molecule has 0 unspecified atom stereocenters. The molecule has 0 bridgehead atoms. The minimum Gasteiger partial charge on any atom is -0.444 e. The van der Waals surface area contributed by atoms with Gasteiger partial charge in [-0.2, -0.15) is 0 Å². The van der Waals surface area contributed by atoms with Crippen LogP contribution in [0.5, 0.6) is 0 Å². The van der Waals surface area contributed by atoms with E-state index < -0.39 is 5.60 Å². The lowest BCUT2D eigenvalue weighted by Gasteiger charge is -2.50. The van der Waals surface area contributed by atoms with Crippen LogP contribution in [0.4, 0.5) is 4.79 Å². The molecule has 3 heterocycles. The van der Waals surface area contributed by atoms with Crippen LogP contribution in [0.2, 0.25) is 0 Å². The van der Waals surface area contributed by atoms with Gasteiger partial charge in [-0.15, -0.1) is 0 Å². The minimum atomic E-state index is -0.430. The van der Waals surface area contributed by atoms with Crippen molar-refractivity contribution < 1.29 is 19.0 Å². The molecule has 6 heteroatoms. The molecule has 24 heavy (non-hydrogen) atoms. The zero-order valence-corrected chi connectivity index (χ0v) is 15.6. The summed E-state index contributed by atoms with van der Waals surface area (Å²) in [5.74, 6) is -0.315. The molecule has 0 radical (unpaired) electrons. The van der Waals surface area contributed by atoms with E-state index in [1.165, 1.54) is 0 Å². The van der Waals surface area contributed by atoms with Gasteiger partial charge >= 0.3 is 6.09 Å². The van der Waals surface area contributed by atoms with Crippen molar-refractivity contribution in [1.29, 1.82) is 0 Å². The van der Waals surface area contributed by atoms with Crippen LogP contribution in [0.1, 0.15) is 53.4 Å². The van der Waals surface area contributed by atoms with Crippen molar-refractivity contribution in [2.24, 2.45) is 0 Å². The molecule has 0 N–H and O–H groups in total. The average molecular weight is 340 g/mol. The molecule has 0 aliphatic carbocycles. The standard InChI is InChI=1S/C18H32N2O4/c1-16(2,3)24-15(21)19-9-5-17(4,6-10-19)20-11-7-18(8-12-20)22-13-14-23-18/h5-14H2,1-4H3. The average Bonchev–Trinajstić information content (AvgIpc) is 2.95. The number of hydrogen-bond donors (Lipinski definition) is 0. The van der Waals surface area contributed by atoms with Crippen molar-refractivity contribution in [3.05, 3.63) is 0 Å². The highest BCUT2D eigenvalue weighted by molar-refractivity contribution is 5.68. The molecule has 0 saturated carbocycles. The third-order valence-electron chi connectivity index (χ3n) is 5.59. The smallest absolute Gasteiger partial charge is 0.410 e. The van der Waals surface area contributed by atoms with Gasteiger partial charge in [-0.3, -0.25) is 4.90 Å². The van der Waals surface area contributed by atoms with E-state index in [1.54, 1.807) is 0 Å². The number of hydrogen-bond acceptors (Lipinski definition) is 5. The summed E-state index contributed by atoms with van der Waals surface area (Å²) in [4.78, 5) is 16.6. The van der Waals surface area contributed by atoms with Gasteiger partial charge in [0.15, 0.2) is 5.79 Å². The Labute approximate surface area is 145 Å². The fourth-order valence-electron chi connectivity index (χ4n) is 3.99. The second-order valence-corrected chi connectivity index (χ2v) is 8.56. The van der Waals surface area contributed by atoms with Crippen LogP contribution in [0, 0.1) is 0 Å². The molecule has 0 aromatic rings. The van der Waals surface area contributed by atoms with Gasteiger partial charge in [0.2, 0.25) is 0 Å². The third kappa shape index (κ3) is 3.86. The predicted molar refractivity (Wildman–Crippen MR) is 90.9 cm³/mol. The molecule has 0 aromatic heterocycles. The Balaban J connectivity index is 1.51. The van der Waals surface area contributed by atoms with Crippen molar-refractivity contribution in [2.75, 3.05) is 39.4 Å². The Hall–Kier alpha value is -0.850. The molecule has 3 aliphatic heterocycles. The quantitative estimate of drug-likeness (QED) is 0.734. The molecule has 6 nitrogen and oxygen atoms in total. The SMILES string of the molecule is CC(C)(C)OC(=O)N1CCC(C)(N2CCC3(CC2)OCCO3)CC1. The molecule has 3 fully saturated rings. The fourth-order valence-corrected chi connectivity index (χ4v) is 3.99. The molecule has 0 aromatic carbocycles. The van der Waals surface area contributed by atoms with Crippen LogP contribution in [-0.2, 0) is 14.2 Å². The molecular weight excluding hydrogens is 308 g/mol. The highest BCUT2D eigenvalue weighted by atomic mass is 16.7. The molecule has 1 spiro atoms. The maximum atomic E-state index is 12.2. The highest BCUT2D eigenvalue weighted by Crippen LogP contribution is 2.37. The lowest BCUT2D eigenvalue weighted by Crippen LogP contribution is -2.58. The zero-order valence-electron chi connectivity index (χ0n) is 15.6. The summed E-state index contributed by atoms with van der Waals surface area (Å²) >= 11 is 0. The van der Waals surface area contributed by atoms with Crippen molar-refractivity contribution in [3.8, 4) is 0 Å². The largest absolute Gasteiger partial charge is 0.444 e. The minimum absolute atomic E-state index is 0.152. The topological polar surface area (TPSA) is 51.2 Å². The van der Waals surface area contributed by atoms with E-state index in [0.717, 1.165) is 65.1 Å². The normalized spacial score (nSPS) is 27.4. The molecule has 138 valence electrons. The number of amides is 1. The van der Waals surface area contributed by atoms with Gasteiger partial charge in [-0.25, -0.2) is 4.79 Å². The maximum absolute atomic E-state index is 12.2. The molecule has 3 aliphatic rings. The van der Waals surface area contributed by atoms with E-state index in [1.807, 2.05) is 25.7 Å². The van der Waals surface area contributed by atoms with Crippen molar-refractivity contribution in [2.45, 2.75) is 70.3 Å². The van der Waals surface area contributed by atoms with Gasteiger partial charge in [0.25, 0.3) is 0 Å². The van der Waals surface area contributed by atoms with Gasteiger partial charge < -0.3 is 19.1 Å². The number of nitrogens with zero attached hydrogens (tertiary/aromatic N) is 2. The first-order valence-electron chi connectivity index (χ1n) is 9.22. The van der Waals surface area contributed by atoms with E-state index in [-0.39, 0.29) is 17.4 Å². The molecule has 0 atom stereocenters. The Morgan fingerprint density at radius 1 is 0.958 bits per heavy atom. The first kappa shape index (κ1) is 18.0. The Bertz CT molecular complexity index is 450. The van der Waals surface area contributed by atoms with Gasteiger partial charge in [0.05, 0.1) is 13.2 Å². The van der Waals surface area contributed by atoms with E-state index >= 15 is 0 Å². The Morgan fingerprint density at radius 3 is 2.00 bits per heavy atom. The Morgan fingerprint density at radius 2 is 1.50 bits per heavy atom. The molecular formula is C18H32N2O4. The van der Waals surface area contributed by atoms with Crippen LogP contribution < -0.4 is 0 Å². The van der Waals surface area contributed by atoms with Gasteiger partial charge in [0.1, 0.15) is 5.60 Å². The van der Waals surface area contributed by atoms with Crippen LogP contribution in [0.15, 0.2) is 0 Å². The van der Waals surface area contributed by atoms with E-state index in [0.29, 0.717) is 0 Å². The third-order valence-corrected chi connectivity index (χ3v) is 5.59. The number of piperidine rings is 2. The number of ether oxygens (including phenoxy) is 3. The lowest BCUT2D eigenvalue weighted by molar-refractivity contribution is -0.193. The second-order valence-electron chi connectivity index (χ2n) is 8.56. The molecule has 1 amide bonds. The lowest BCUT2D eigenvalue weighted by atomic mass is 9.85. The first-order chi connectivity index (χ1) is 11.2.